The van der Waals surface area contributed by atoms with E-state index in [0.717, 1.165) is 16.7 Å². The molecular weight excluding hydrogens is 521 g/mol. The van der Waals surface area contributed by atoms with Crippen LogP contribution in [0.3, 0.4) is 0 Å². The summed E-state index contributed by atoms with van der Waals surface area (Å²) < 4.78 is 21.0. The summed E-state index contributed by atoms with van der Waals surface area (Å²) in [6.07, 6.45) is 3.85. The van der Waals surface area contributed by atoms with Crippen LogP contribution in [0.2, 0.25) is 36.3 Å². The first-order valence-electron chi connectivity index (χ1n) is 13.7. The molecule has 1 aliphatic rings. The lowest BCUT2D eigenvalue weighted by Gasteiger charge is -2.37. The smallest absolute Gasteiger partial charge is 0.255 e. The van der Waals surface area contributed by atoms with E-state index < -0.39 is 22.2 Å². The number of aromatic nitrogens is 1. The summed E-state index contributed by atoms with van der Waals surface area (Å²) >= 11 is 0. The van der Waals surface area contributed by atoms with E-state index in [-0.39, 0.29) is 15.6 Å². The van der Waals surface area contributed by atoms with E-state index in [4.69, 9.17) is 13.6 Å². The second kappa shape index (κ2) is 10.5. The maximum atomic E-state index is 13.7. The van der Waals surface area contributed by atoms with Gasteiger partial charge in [0, 0.05) is 17.8 Å². The number of hydrogen-bond acceptors (Lipinski definition) is 5. The van der Waals surface area contributed by atoms with Crippen molar-refractivity contribution in [1.29, 1.82) is 5.26 Å². The second-order valence-corrected chi connectivity index (χ2v) is 23.8. The molecule has 1 aliphatic heterocycles. The normalized spacial score (nSPS) is 15.7. The quantitative estimate of drug-likeness (QED) is 0.319. The van der Waals surface area contributed by atoms with E-state index in [1.165, 1.54) is 0 Å². The molecule has 8 heteroatoms. The Morgan fingerprint density at radius 2 is 1.46 bits per heavy atom. The van der Waals surface area contributed by atoms with E-state index >= 15 is 0 Å². The molecule has 0 aliphatic carbocycles. The minimum atomic E-state index is -2.05. The van der Waals surface area contributed by atoms with E-state index in [1.807, 2.05) is 26.1 Å². The Morgan fingerprint density at radius 1 is 0.923 bits per heavy atom. The van der Waals surface area contributed by atoms with Crippen LogP contribution in [0.1, 0.15) is 77.6 Å². The topological polar surface area (TPSA) is 73.5 Å². The number of rotatable bonds is 7. The first-order valence-corrected chi connectivity index (χ1v) is 19.5. The fraction of sp³-hybridized carbons (Fsp3) is 0.548. The number of ether oxygens (including phenoxy) is 1. The molecule has 0 radical (unpaired) electrons. The number of hydrogen-bond donors (Lipinski definition) is 0. The molecular formula is C31H46N2O4Si2. The molecule has 0 unspecified atom stereocenters. The molecule has 39 heavy (non-hydrogen) atoms. The van der Waals surface area contributed by atoms with Crippen LogP contribution in [-0.2, 0) is 22.1 Å². The molecule has 0 amide bonds. The Labute approximate surface area is 236 Å². The van der Waals surface area contributed by atoms with Gasteiger partial charge in [-0.2, -0.15) is 5.26 Å². The van der Waals surface area contributed by atoms with E-state index in [2.05, 4.69) is 73.8 Å². The van der Waals surface area contributed by atoms with Crippen LogP contribution in [0.4, 0.5) is 0 Å². The summed E-state index contributed by atoms with van der Waals surface area (Å²) in [5.74, 6) is 0.646. The second-order valence-electron chi connectivity index (χ2n) is 14.2. The van der Waals surface area contributed by atoms with Crippen molar-refractivity contribution in [3.8, 4) is 11.8 Å². The number of nitrogens with zero attached hydrogens (tertiary/aromatic N) is 2. The summed E-state index contributed by atoms with van der Waals surface area (Å²) in [4.78, 5) is 13.7. The van der Waals surface area contributed by atoms with Gasteiger partial charge in [0.2, 0.25) is 0 Å². The molecule has 0 spiro atoms. The van der Waals surface area contributed by atoms with Crippen LogP contribution in [0, 0.1) is 11.3 Å². The van der Waals surface area contributed by atoms with Crippen LogP contribution in [0.15, 0.2) is 41.3 Å². The zero-order chi connectivity index (χ0) is 29.6. The van der Waals surface area contributed by atoms with Crippen molar-refractivity contribution in [2.75, 3.05) is 0 Å². The third-order valence-corrected chi connectivity index (χ3v) is 17.5. The maximum Gasteiger partial charge on any atom is 0.255 e. The first kappa shape index (κ1) is 31.1. The molecule has 2 heterocycles. The van der Waals surface area contributed by atoms with Gasteiger partial charge in [-0.1, -0.05) is 41.5 Å². The van der Waals surface area contributed by atoms with Gasteiger partial charge in [0.05, 0.1) is 30.5 Å². The molecule has 212 valence electrons. The van der Waals surface area contributed by atoms with Crippen molar-refractivity contribution in [3.05, 3.63) is 69.1 Å². The molecule has 2 aromatic rings. The van der Waals surface area contributed by atoms with Gasteiger partial charge in [0.25, 0.3) is 5.56 Å². The standard InChI is InChI=1S/C31H46N2O4Si2/c1-29(2,3)38(9,10)35-20-23-16-28(34)33(19-24(23)21-36-39(11,12)30(4,5)6)26-17-31(7,8)37-27-14-13-22(18-32)15-25(26)27/h13-17,19H,20-21H2,1-12H3. The van der Waals surface area contributed by atoms with Crippen molar-refractivity contribution < 1.29 is 13.6 Å². The number of nitriles is 1. The molecule has 0 saturated carbocycles. The van der Waals surface area contributed by atoms with E-state index in [9.17, 15) is 10.1 Å². The molecule has 0 N–H and O–H groups in total. The molecule has 1 aromatic heterocycles. The largest absolute Gasteiger partial charge is 0.483 e. The van der Waals surface area contributed by atoms with Crippen LogP contribution in [0.5, 0.6) is 5.75 Å². The van der Waals surface area contributed by atoms with Crippen molar-refractivity contribution in [3.63, 3.8) is 0 Å². The first-order chi connectivity index (χ1) is 17.7. The van der Waals surface area contributed by atoms with Gasteiger partial charge in [0.15, 0.2) is 16.6 Å². The highest BCUT2D eigenvalue weighted by atomic mass is 28.4. The molecule has 6 nitrogen and oxygen atoms in total. The summed E-state index contributed by atoms with van der Waals surface area (Å²) in [5, 5.41) is 9.64. The highest BCUT2D eigenvalue weighted by molar-refractivity contribution is 6.74. The summed E-state index contributed by atoms with van der Waals surface area (Å²) in [5.41, 5.74) is 2.94. The van der Waals surface area contributed by atoms with Gasteiger partial charge in [-0.15, -0.1) is 0 Å². The monoisotopic (exact) mass is 566 g/mol. The van der Waals surface area contributed by atoms with Gasteiger partial charge in [-0.3, -0.25) is 9.36 Å². The Hall–Kier alpha value is -2.45. The third-order valence-electron chi connectivity index (χ3n) is 8.52. The third kappa shape index (κ3) is 6.83. The molecule has 3 rings (SSSR count). The Kier molecular flexibility index (Phi) is 8.38. The number of pyridine rings is 1. The number of benzene rings is 1. The lowest BCUT2D eigenvalue weighted by molar-refractivity contribution is 0.157. The average Bonchev–Trinajstić information content (AvgIpc) is 2.79. The van der Waals surface area contributed by atoms with Gasteiger partial charge < -0.3 is 13.6 Å². The minimum absolute atomic E-state index is 0.0547. The van der Waals surface area contributed by atoms with Crippen LogP contribution >= 0.6 is 0 Å². The molecule has 0 fully saturated rings. The summed E-state index contributed by atoms with van der Waals surface area (Å²) in [6.45, 7) is 26.9. The highest BCUT2D eigenvalue weighted by Crippen LogP contribution is 2.40. The Bertz CT molecular complexity index is 1370. The Morgan fingerprint density at radius 3 is 1.97 bits per heavy atom. The lowest BCUT2D eigenvalue weighted by Crippen LogP contribution is -2.41. The predicted molar refractivity (Wildman–Crippen MR) is 164 cm³/mol. The van der Waals surface area contributed by atoms with E-state index in [0.29, 0.717) is 30.2 Å². The highest BCUT2D eigenvalue weighted by Gasteiger charge is 2.39. The summed E-state index contributed by atoms with van der Waals surface area (Å²) in [7, 11) is -4.09. The zero-order valence-corrected chi connectivity index (χ0v) is 27.9. The van der Waals surface area contributed by atoms with Gasteiger partial charge in [-0.25, -0.2) is 0 Å². The van der Waals surface area contributed by atoms with Gasteiger partial charge >= 0.3 is 0 Å². The molecule has 0 atom stereocenters. The number of fused-ring (bicyclic) bond motifs is 1. The van der Waals surface area contributed by atoms with Crippen molar-refractivity contribution >= 4 is 22.3 Å². The molecule has 0 saturated heterocycles. The maximum absolute atomic E-state index is 13.7. The van der Waals surface area contributed by atoms with Gasteiger partial charge in [-0.05, 0) is 85.5 Å². The SMILES string of the molecule is CC1(C)C=C(n2cc(CO[Si](C)(C)C(C)(C)C)c(CO[Si](C)(C)C(C)(C)C)cc2=O)c2cc(C#N)ccc2O1. The van der Waals surface area contributed by atoms with Crippen molar-refractivity contribution in [2.45, 2.75) is 110 Å². The van der Waals surface area contributed by atoms with Crippen LogP contribution in [-0.4, -0.2) is 26.8 Å². The Balaban J connectivity index is 2.15. The summed E-state index contributed by atoms with van der Waals surface area (Å²) in [6, 6.07) is 9.21. The van der Waals surface area contributed by atoms with Crippen LogP contribution in [0.25, 0.3) is 5.70 Å². The lowest BCUT2D eigenvalue weighted by atomic mass is 9.97. The fourth-order valence-electron chi connectivity index (χ4n) is 3.82. The van der Waals surface area contributed by atoms with Crippen molar-refractivity contribution in [2.24, 2.45) is 0 Å². The minimum Gasteiger partial charge on any atom is -0.483 e. The van der Waals surface area contributed by atoms with E-state index in [1.54, 1.807) is 28.8 Å². The van der Waals surface area contributed by atoms with Crippen LogP contribution < -0.4 is 10.3 Å². The van der Waals surface area contributed by atoms with Gasteiger partial charge in [0.1, 0.15) is 11.4 Å². The molecule has 0 bridgehead atoms. The molecule has 1 aromatic carbocycles. The predicted octanol–water partition coefficient (Wildman–Crippen LogP) is 7.82. The van der Waals surface area contributed by atoms with Crippen molar-refractivity contribution in [1.82, 2.24) is 4.57 Å². The zero-order valence-electron chi connectivity index (χ0n) is 25.9. The fourth-order valence-corrected chi connectivity index (χ4v) is 5.72. The average molecular weight is 567 g/mol.